The van der Waals surface area contributed by atoms with Crippen molar-refractivity contribution in [1.82, 2.24) is 15.2 Å². The van der Waals surface area contributed by atoms with Crippen molar-refractivity contribution in [3.05, 3.63) is 23.9 Å². The fraction of sp³-hybridized carbons (Fsp3) is 0.625. The molecule has 1 aromatic rings. The summed E-state index contributed by atoms with van der Waals surface area (Å²) in [6.07, 6.45) is -2.19. The van der Waals surface area contributed by atoms with E-state index in [2.05, 4.69) is 15.3 Å². The normalized spacial score (nSPS) is 16.2. The van der Waals surface area contributed by atoms with Crippen LogP contribution in [0.5, 0.6) is 5.88 Å². The second kappa shape index (κ2) is 10.8. The van der Waals surface area contributed by atoms with Crippen molar-refractivity contribution in [2.45, 2.75) is 32.0 Å². The monoisotopic (exact) mass is 488 g/mol. The average molecular weight is 488 g/mol. The number of nitrogens with zero attached hydrogens (tertiary/aromatic N) is 3. The first kappa shape index (κ1) is 22.7. The Morgan fingerprint density at radius 1 is 1.42 bits per heavy atom. The molecule has 0 saturated carbocycles. The third-order valence-electron chi connectivity index (χ3n) is 3.77. The van der Waals surface area contributed by atoms with Crippen LogP contribution in [0, 0.1) is 0 Å². The van der Waals surface area contributed by atoms with Gasteiger partial charge in [0, 0.05) is 25.8 Å². The number of rotatable bonds is 5. The van der Waals surface area contributed by atoms with E-state index in [1.54, 1.807) is 0 Å². The van der Waals surface area contributed by atoms with Gasteiger partial charge in [-0.05, 0) is 31.9 Å². The number of aromatic nitrogens is 1. The van der Waals surface area contributed by atoms with Crippen LogP contribution in [-0.2, 0) is 6.18 Å². The first-order chi connectivity index (χ1) is 11.9. The van der Waals surface area contributed by atoms with Crippen LogP contribution in [0.15, 0.2) is 23.3 Å². The van der Waals surface area contributed by atoms with Crippen molar-refractivity contribution in [1.29, 1.82) is 0 Å². The number of aliphatic hydroxyl groups excluding tert-OH is 1. The summed E-state index contributed by atoms with van der Waals surface area (Å²) in [6.45, 7) is 4.19. The zero-order chi connectivity index (χ0) is 18.3. The zero-order valence-electron chi connectivity index (χ0n) is 14.5. The molecule has 0 aliphatic carbocycles. The summed E-state index contributed by atoms with van der Waals surface area (Å²) in [6, 6.07) is 2.16. The number of nitrogens with one attached hydrogen (secondary N) is 1. The van der Waals surface area contributed by atoms with Gasteiger partial charge in [0.15, 0.2) is 5.96 Å². The van der Waals surface area contributed by atoms with Gasteiger partial charge >= 0.3 is 6.18 Å². The maximum Gasteiger partial charge on any atom is 0.421 e. The van der Waals surface area contributed by atoms with Crippen LogP contribution >= 0.6 is 24.0 Å². The molecule has 1 aromatic heterocycles. The van der Waals surface area contributed by atoms with E-state index in [1.165, 1.54) is 12.3 Å². The Labute approximate surface area is 167 Å². The predicted molar refractivity (Wildman–Crippen MR) is 103 cm³/mol. The number of ether oxygens (including phenoxy) is 1. The highest BCUT2D eigenvalue weighted by atomic mass is 127. The molecule has 2 rings (SSSR count). The van der Waals surface area contributed by atoms with Gasteiger partial charge in [-0.3, -0.25) is 0 Å². The molecule has 10 heteroatoms. The summed E-state index contributed by atoms with van der Waals surface area (Å²) < 4.78 is 43.8. The fourth-order valence-corrected chi connectivity index (χ4v) is 2.52. The number of guanidine groups is 1. The van der Waals surface area contributed by atoms with Crippen molar-refractivity contribution in [3.8, 4) is 5.88 Å². The van der Waals surface area contributed by atoms with E-state index in [0.29, 0.717) is 38.4 Å². The van der Waals surface area contributed by atoms with Crippen LogP contribution < -0.4 is 10.1 Å². The quantitative estimate of drug-likeness (QED) is 0.289. The highest BCUT2D eigenvalue weighted by Crippen LogP contribution is 2.34. The third kappa shape index (κ3) is 6.78. The molecule has 0 unspecified atom stereocenters. The van der Waals surface area contributed by atoms with Crippen molar-refractivity contribution in [2.24, 2.45) is 4.99 Å². The van der Waals surface area contributed by atoms with E-state index in [1.807, 2.05) is 11.8 Å². The van der Waals surface area contributed by atoms with E-state index >= 15 is 0 Å². The molecule has 1 aliphatic heterocycles. The van der Waals surface area contributed by atoms with Gasteiger partial charge < -0.3 is 20.1 Å². The number of piperidine rings is 1. The second-order valence-corrected chi connectivity index (χ2v) is 5.66. The van der Waals surface area contributed by atoms with Crippen LogP contribution in [0.1, 0.15) is 25.3 Å². The molecule has 2 N–H and O–H groups in total. The fourth-order valence-electron chi connectivity index (χ4n) is 2.52. The molecule has 0 amide bonds. The van der Waals surface area contributed by atoms with E-state index in [9.17, 15) is 18.3 Å². The van der Waals surface area contributed by atoms with Crippen LogP contribution in [0.3, 0.4) is 0 Å². The lowest BCUT2D eigenvalue weighted by atomic mass is 10.1. The number of aliphatic hydroxyl groups is 1. The van der Waals surface area contributed by atoms with Crippen LogP contribution in [-0.4, -0.2) is 59.8 Å². The average Bonchev–Trinajstić information content (AvgIpc) is 2.58. The molecule has 6 nitrogen and oxygen atoms in total. The van der Waals surface area contributed by atoms with Crippen molar-refractivity contribution in [2.75, 3.05) is 32.8 Å². The first-order valence-electron chi connectivity index (χ1n) is 8.28. The Morgan fingerprint density at radius 2 is 2.12 bits per heavy atom. The number of alkyl halides is 3. The minimum atomic E-state index is -4.50. The molecule has 0 spiro atoms. The molecule has 0 aromatic carbocycles. The number of halogens is 4. The molecule has 148 valence electrons. The predicted octanol–water partition coefficient (Wildman–Crippen LogP) is 2.52. The van der Waals surface area contributed by atoms with E-state index in [4.69, 9.17) is 4.74 Å². The SMILES string of the molecule is CCNC(=NCCOc1ncccc1C(F)(F)F)N1CCC(O)CC1.I. The second-order valence-electron chi connectivity index (χ2n) is 5.66. The highest BCUT2D eigenvalue weighted by Gasteiger charge is 2.35. The van der Waals surface area contributed by atoms with Crippen molar-refractivity contribution >= 4 is 29.9 Å². The summed E-state index contributed by atoms with van der Waals surface area (Å²) in [5.74, 6) is 0.242. The summed E-state index contributed by atoms with van der Waals surface area (Å²) in [5, 5.41) is 12.7. The Kier molecular flexibility index (Phi) is 9.41. The lowest BCUT2D eigenvalue weighted by Crippen LogP contribution is -2.46. The van der Waals surface area contributed by atoms with Crippen molar-refractivity contribution < 1.29 is 23.0 Å². The minimum Gasteiger partial charge on any atom is -0.475 e. The van der Waals surface area contributed by atoms with Gasteiger partial charge in [-0.2, -0.15) is 13.2 Å². The molecular weight excluding hydrogens is 464 g/mol. The lowest BCUT2D eigenvalue weighted by molar-refractivity contribution is -0.139. The standard InChI is InChI=1S/C16H23F3N4O2.HI/c1-2-20-15(23-9-5-12(24)6-10-23)22-8-11-25-14-13(16(17,18)19)4-3-7-21-14;/h3-4,7,12,24H,2,5-6,8-11H2,1H3,(H,20,22);1H. The Morgan fingerprint density at radius 3 is 2.73 bits per heavy atom. The highest BCUT2D eigenvalue weighted by molar-refractivity contribution is 14.0. The van der Waals surface area contributed by atoms with Gasteiger partial charge in [-0.1, -0.05) is 0 Å². The summed E-state index contributed by atoms with van der Waals surface area (Å²) in [5.41, 5.74) is -0.893. The van der Waals surface area contributed by atoms with Gasteiger partial charge in [0.05, 0.1) is 12.6 Å². The Bertz CT molecular complexity index is 579. The summed E-state index contributed by atoms with van der Waals surface area (Å²) in [7, 11) is 0. The number of hydrogen-bond acceptors (Lipinski definition) is 4. The maximum absolute atomic E-state index is 12.9. The largest absolute Gasteiger partial charge is 0.475 e. The van der Waals surface area contributed by atoms with Gasteiger partial charge in [0.2, 0.25) is 5.88 Å². The number of hydrogen-bond donors (Lipinski definition) is 2. The smallest absolute Gasteiger partial charge is 0.421 e. The van der Waals surface area contributed by atoms with Gasteiger partial charge in [0.25, 0.3) is 0 Å². The molecule has 1 aliphatic rings. The van der Waals surface area contributed by atoms with E-state index in [-0.39, 0.29) is 43.2 Å². The van der Waals surface area contributed by atoms with Gasteiger partial charge in [-0.15, -0.1) is 24.0 Å². The molecule has 0 atom stereocenters. The zero-order valence-corrected chi connectivity index (χ0v) is 16.8. The maximum atomic E-state index is 12.9. The van der Waals surface area contributed by atoms with Crippen molar-refractivity contribution in [3.63, 3.8) is 0 Å². The minimum absolute atomic E-state index is 0. The van der Waals surface area contributed by atoms with E-state index in [0.717, 1.165) is 6.07 Å². The van der Waals surface area contributed by atoms with Crippen LogP contribution in [0.2, 0.25) is 0 Å². The van der Waals surface area contributed by atoms with Crippen LogP contribution in [0.25, 0.3) is 0 Å². The summed E-state index contributed by atoms with van der Waals surface area (Å²) in [4.78, 5) is 10.1. The molecule has 1 saturated heterocycles. The number of pyridine rings is 1. The topological polar surface area (TPSA) is 70.0 Å². The Hall–Kier alpha value is -1.30. The number of aliphatic imine (C=N–C) groups is 1. The molecule has 0 radical (unpaired) electrons. The Balaban J connectivity index is 0.00000338. The lowest BCUT2D eigenvalue weighted by Gasteiger charge is -2.32. The molecule has 1 fully saturated rings. The number of likely N-dealkylation sites (tertiary alicyclic amines) is 1. The molecular formula is C16H24F3IN4O2. The summed E-state index contributed by atoms with van der Waals surface area (Å²) >= 11 is 0. The van der Waals surface area contributed by atoms with E-state index < -0.39 is 17.6 Å². The molecule has 26 heavy (non-hydrogen) atoms. The first-order valence-corrected chi connectivity index (χ1v) is 8.28. The van der Waals surface area contributed by atoms with Crippen LogP contribution in [0.4, 0.5) is 13.2 Å². The molecule has 0 bridgehead atoms. The third-order valence-corrected chi connectivity index (χ3v) is 3.77. The van der Waals surface area contributed by atoms with Gasteiger partial charge in [0.1, 0.15) is 12.2 Å². The molecule has 2 heterocycles. The van der Waals surface area contributed by atoms with Gasteiger partial charge in [-0.25, -0.2) is 9.98 Å².